The van der Waals surface area contributed by atoms with Crippen molar-refractivity contribution in [3.05, 3.63) is 41.1 Å². The highest BCUT2D eigenvalue weighted by Crippen LogP contribution is 2.32. The maximum absolute atomic E-state index is 10.8. The molecule has 0 amide bonds. The van der Waals surface area contributed by atoms with E-state index in [1.807, 2.05) is 13.0 Å². The van der Waals surface area contributed by atoms with Crippen molar-refractivity contribution >= 4 is 35.7 Å². The van der Waals surface area contributed by atoms with Gasteiger partial charge in [0.15, 0.2) is 0 Å². The SMILES string of the molecule is Cc1cc(C(O)C2CCCN2C)c2nc(C)ccc2c1.Cl.Cl. The van der Waals surface area contributed by atoms with Crippen LogP contribution in [0, 0.1) is 13.8 Å². The van der Waals surface area contributed by atoms with Gasteiger partial charge in [-0.15, -0.1) is 24.8 Å². The molecule has 3 nitrogen and oxygen atoms in total. The second-order valence-electron chi connectivity index (χ2n) is 6.01. The summed E-state index contributed by atoms with van der Waals surface area (Å²) in [6.45, 7) is 5.14. The Morgan fingerprint density at radius 3 is 2.59 bits per heavy atom. The Balaban J connectivity index is 0.00000121. The van der Waals surface area contributed by atoms with E-state index in [1.165, 1.54) is 5.56 Å². The third-order valence-electron chi connectivity index (χ3n) is 4.37. The van der Waals surface area contributed by atoms with E-state index in [4.69, 9.17) is 0 Å². The van der Waals surface area contributed by atoms with Crippen LogP contribution >= 0.6 is 24.8 Å². The minimum Gasteiger partial charge on any atom is -0.387 e. The molecule has 3 rings (SSSR count). The number of likely N-dealkylation sites (N-methyl/N-ethyl adjacent to an activating group) is 1. The number of hydrogen-bond donors (Lipinski definition) is 1. The number of benzene rings is 1. The fourth-order valence-electron chi connectivity index (χ4n) is 3.28. The van der Waals surface area contributed by atoms with Crippen molar-refractivity contribution in [1.29, 1.82) is 0 Å². The number of nitrogens with zero attached hydrogens (tertiary/aromatic N) is 2. The van der Waals surface area contributed by atoms with Crippen LogP contribution < -0.4 is 0 Å². The van der Waals surface area contributed by atoms with Gasteiger partial charge in [-0.25, -0.2) is 0 Å². The van der Waals surface area contributed by atoms with Gasteiger partial charge in [0, 0.05) is 22.7 Å². The number of pyridine rings is 1. The summed E-state index contributed by atoms with van der Waals surface area (Å²) in [5.41, 5.74) is 4.10. The molecule has 2 atom stereocenters. The normalized spacial score (nSPS) is 19.5. The molecule has 1 saturated heterocycles. The highest BCUT2D eigenvalue weighted by atomic mass is 35.5. The smallest absolute Gasteiger partial charge is 0.0966 e. The van der Waals surface area contributed by atoms with E-state index >= 15 is 0 Å². The number of aromatic nitrogens is 1. The molecule has 2 heterocycles. The predicted octanol–water partition coefficient (Wildman–Crippen LogP) is 3.82. The minimum absolute atomic E-state index is 0. The van der Waals surface area contributed by atoms with Gasteiger partial charge >= 0.3 is 0 Å². The molecule has 0 radical (unpaired) electrons. The molecule has 22 heavy (non-hydrogen) atoms. The van der Waals surface area contributed by atoms with Crippen LogP contribution in [0.3, 0.4) is 0 Å². The number of hydrogen-bond acceptors (Lipinski definition) is 3. The average Bonchev–Trinajstić information content (AvgIpc) is 2.84. The number of fused-ring (bicyclic) bond motifs is 1. The molecule has 1 N–H and O–H groups in total. The van der Waals surface area contributed by atoms with Crippen LogP contribution in [-0.4, -0.2) is 34.6 Å². The number of halogens is 2. The summed E-state index contributed by atoms with van der Waals surface area (Å²) in [7, 11) is 2.09. The standard InChI is InChI=1S/C17H22N2O.2ClH/c1-11-9-13-7-6-12(2)18-16(13)14(10-11)17(20)15-5-4-8-19(15)3;;/h6-7,9-10,15,17,20H,4-5,8H2,1-3H3;2*1H. The molecular weight excluding hydrogens is 319 g/mol. The summed E-state index contributed by atoms with van der Waals surface area (Å²) >= 11 is 0. The van der Waals surface area contributed by atoms with Crippen molar-refractivity contribution in [3.63, 3.8) is 0 Å². The van der Waals surface area contributed by atoms with Gasteiger partial charge in [-0.05, 0) is 52.4 Å². The molecular formula is C17H24Cl2N2O. The summed E-state index contributed by atoms with van der Waals surface area (Å²) in [6, 6.07) is 8.56. The Bertz CT molecular complexity index is 648. The minimum atomic E-state index is -0.459. The highest BCUT2D eigenvalue weighted by molar-refractivity contribution is 5.85. The molecule has 1 fully saturated rings. The number of likely N-dealkylation sites (tertiary alicyclic amines) is 1. The van der Waals surface area contributed by atoms with Gasteiger partial charge in [0.25, 0.3) is 0 Å². The van der Waals surface area contributed by atoms with Crippen molar-refractivity contribution < 1.29 is 5.11 Å². The third-order valence-corrected chi connectivity index (χ3v) is 4.37. The van der Waals surface area contributed by atoms with Gasteiger partial charge in [-0.1, -0.05) is 17.7 Å². The molecule has 2 unspecified atom stereocenters. The zero-order valence-electron chi connectivity index (χ0n) is 13.2. The third kappa shape index (κ3) is 3.54. The Hall–Kier alpha value is -0.870. The monoisotopic (exact) mass is 342 g/mol. The van der Waals surface area contributed by atoms with E-state index in [1.54, 1.807) is 0 Å². The molecule has 1 aliphatic rings. The quantitative estimate of drug-likeness (QED) is 0.901. The molecule has 1 aromatic heterocycles. The van der Waals surface area contributed by atoms with Crippen LogP contribution in [0.4, 0.5) is 0 Å². The second kappa shape index (κ2) is 7.60. The van der Waals surface area contributed by atoms with Crippen LogP contribution in [-0.2, 0) is 0 Å². The van der Waals surface area contributed by atoms with Gasteiger partial charge in [0.1, 0.15) is 0 Å². The fourth-order valence-corrected chi connectivity index (χ4v) is 3.28. The molecule has 0 aliphatic carbocycles. The highest BCUT2D eigenvalue weighted by Gasteiger charge is 2.30. The van der Waals surface area contributed by atoms with Crippen molar-refractivity contribution in [2.75, 3.05) is 13.6 Å². The Morgan fingerprint density at radius 2 is 1.95 bits per heavy atom. The molecule has 5 heteroatoms. The van der Waals surface area contributed by atoms with Gasteiger partial charge in [0.05, 0.1) is 11.6 Å². The summed E-state index contributed by atoms with van der Waals surface area (Å²) in [4.78, 5) is 6.91. The largest absolute Gasteiger partial charge is 0.387 e. The average molecular weight is 343 g/mol. The molecule has 0 spiro atoms. The first-order chi connectivity index (χ1) is 9.56. The lowest BCUT2D eigenvalue weighted by molar-refractivity contribution is 0.0867. The molecule has 0 saturated carbocycles. The second-order valence-corrected chi connectivity index (χ2v) is 6.01. The summed E-state index contributed by atoms with van der Waals surface area (Å²) in [6.07, 6.45) is 1.76. The van der Waals surface area contributed by atoms with Crippen LogP contribution in [0.15, 0.2) is 24.3 Å². The Morgan fingerprint density at radius 1 is 1.23 bits per heavy atom. The number of rotatable bonds is 2. The summed E-state index contributed by atoms with van der Waals surface area (Å²) in [5.74, 6) is 0. The van der Waals surface area contributed by atoms with E-state index in [2.05, 4.69) is 42.1 Å². The lowest BCUT2D eigenvalue weighted by atomic mass is 9.95. The maximum Gasteiger partial charge on any atom is 0.0966 e. The number of aliphatic hydroxyl groups is 1. The first kappa shape index (κ1) is 19.2. The van der Waals surface area contributed by atoms with E-state index in [-0.39, 0.29) is 30.9 Å². The fraction of sp³-hybridized carbons (Fsp3) is 0.471. The first-order valence-electron chi connectivity index (χ1n) is 7.32. The van der Waals surface area contributed by atoms with Crippen molar-refractivity contribution in [3.8, 4) is 0 Å². The van der Waals surface area contributed by atoms with Gasteiger partial charge in [0.2, 0.25) is 0 Å². The lowest BCUT2D eigenvalue weighted by Crippen LogP contribution is -2.31. The Kier molecular flexibility index (Phi) is 6.63. The van der Waals surface area contributed by atoms with Crippen LogP contribution in [0.2, 0.25) is 0 Å². The van der Waals surface area contributed by atoms with E-state index < -0.39 is 6.10 Å². The van der Waals surface area contributed by atoms with Crippen LogP contribution in [0.25, 0.3) is 10.9 Å². The molecule has 1 aliphatic heterocycles. The topological polar surface area (TPSA) is 36.4 Å². The zero-order valence-corrected chi connectivity index (χ0v) is 14.9. The van der Waals surface area contributed by atoms with Crippen molar-refractivity contribution in [2.24, 2.45) is 0 Å². The predicted molar refractivity (Wildman–Crippen MR) is 96.3 cm³/mol. The summed E-state index contributed by atoms with van der Waals surface area (Å²) < 4.78 is 0. The van der Waals surface area contributed by atoms with E-state index in [0.717, 1.165) is 41.5 Å². The molecule has 2 aromatic rings. The van der Waals surface area contributed by atoms with Crippen molar-refractivity contribution in [1.82, 2.24) is 9.88 Å². The Labute approximate surface area is 144 Å². The van der Waals surface area contributed by atoms with E-state index in [0.29, 0.717) is 0 Å². The number of aliphatic hydroxyl groups excluding tert-OH is 1. The van der Waals surface area contributed by atoms with Gasteiger partial charge in [-0.2, -0.15) is 0 Å². The zero-order chi connectivity index (χ0) is 14.3. The van der Waals surface area contributed by atoms with Crippen LogP contribution in [0.5, 0.6) is 0 Å². The molecule has 1 aromatic carbocycles. The summed E-state index contributed by atoms with van der Waals surface area (Å²) in [5, 5.41) is 11.9. The number of aryl methyl sites for hydroxylation is 2. The van der Waals surface area contributed by atoms with Crippen molar-refractivity contribution in [2.45, 2.75) is 38.8 Å². The molecule has 122 valence electrons. The molecule has 0 bridgehead atoms. The lowest BCUT2D eigenvalue weighted by Gasteiger charge is -2.26. The van der Waals surface area contributed by atoms with Gasteiger partial charge in [-0.3, -0.25) is 4.98 Å². The van der Waals surface area contributed by atoms with E-state index in [9.17, 15) is 5.11 Å². The first-order valence-corrected chi connectivity index (χ1v) is 7.32. The van der Waals surface area contributed by atoms with Gasteiger partial charge < -0.3 is 10.0 Å². The maximum atomic E-state index is 10.8. The van der Waals surface area contributed by atoms with Crippen LogP contribution in [0.1, 0.15) is 35.8 Å².